The Labute approximate surface area is 328 Å². The first-order chi connectivity index (χ1) is 28.2. The third-order valence-electron chi connectivity index (χ3n) is 11.7. The van der Waals surface area contributed by atoms with Crippen LogP contribution in [0.2, 0.25) is 0 Å². The summed E-state index contributed by atoms with van der Waals surface area (Å²) in [7, 11) is 0. The van der Waals surface area contributed by atoms with Crippen LogP contribution in [-0.4, -0.2) is 4.57 Å². The molecule has 3 heteroatoms. The van der Waals surface area contributed by atoms with Crippen LogP contribution in [0.4, 0.5) is 17.1 Å². The van der Waals surface area contributed by atoms with E-state index >= 15 is 0 Å². The summed E-state index contributed by atoms with van der Waals surface area (Å²) in [5.74, 6) is 0. The van der Waals surface area contributed by atoms with Crippen molar-refractivity contribution in [2.75, 3.05) is 4.90 Å². The van der Waals surface area contributed by atoms with Crippen LogP contribution in [0.3, 0.4) is 0 Å². The highest BCUT2D eigenvalue weighted by molar-refractivity contribution is 6.19. The first-order valence-corrected chi connectivity index (χ1v) is 19.5. The Hall–Kier alpha value is -7.62. The molecule has 0 spiro atoms. The number of benzene rings is 10. The van der Waals surface area contributed by atoms with E-state index in [1.807, 2.05) is 0 Å². The predicted octanol–water partition coefficient (Wildman–Crippen LogP) is 15.3. The van der Waals surface area contributed by atoms with Gasteiger partial charge in [0.2, 0.25) is 0 Å². The number of aromatic nitrogens is 1. The largest absolute Gasteiger partial charge is 0.455 e. The smallest absolute Gasteiger partial charge is 0.143 e. The van der Waals surface area contributed by atoms with Crippen molar-refractivity contribution in [1.82, 2.24) is 4.57 Å². The second kappa shape index (κ2) is 12.5. The van der Waals surface area contributed by atoms with E-state index in [-0.39, 0.29) is 0 Å². The van der Waals surface area contributed by atoms with Gasteiger partial charge in [0.15, 0.2) is 0 Å². The van der Waals surface area contributed by atoms with E-state index in [2.05, 4.69) is 216 Å². The SMILES string of the molecule is c1ccc(-n2c3cc(-c4ccc(N(c5ccc6ccccc6c5)c5ccc6c(c5)oc5c7ccccc7ccc65)cc4)ccc3c3ccc4ccccc4c32)cc1. The van der Waals surface area contributed by atoms with Gasteiger partial charge < -0.3 is 13.9 Å². The van der Waals surface area contributed by atoms with Gasteiger partial charge in [0.25, 0.3) is 0 Å². The Balaban J connectivity index is 1.01. The van der Waals surface area contributed by atoms with Gasteiger partial charge in [-0.25, -0.2) is 0 Å². The summed E-state index contributed by atoms with van der Waals surface area (Å²) in [6.45, 7) is 0. The van der Waals surface area contributed by atoms with Gasteiger partial charge in [0, 0.05) is 61.1 Å². The fourth-order valence-electron chi connectivity index (χ4n) is 9.00. The zero-order valence-corrected chi connectivity index (χ0v) is 30.9. The summed E-state index contributed by atoms with van der Waals surface area (Å²) in [5.41, 5.74) is 10.9. The first kappa shape index (κ1) is 31.7. The molecule has 0 saturated heterocycles. The third kappa shape index (κ3) is 4.99. The number of nitrogens with zero attached hydrogens (tertiary/aromatic N) is 2. The lowest BCUT2D eigenvalue weighted by Crippen LogP contribution is -2.09. The average Bonchev–Trinajstić information content (AvgIpc) is 3.83. The van der Waals surface area contributed by atoms with Crippen molar-refractivity contribution in [3.8, 4) is 16.8 Å². The molecule has 0 aliphatic heterocycles. The van der Waals surface area contributed by atoms with E-state index in [9.17, 15) is 0 Å². The Kier molecular flexibility index (Phi) is 6.93. The fraction of sp³-hybridized carbons (Fsp3) is 0. The number of para-hydroxylation sites is 1. The highest BCUT2D eigenvalue weighted by atomic mass is 16.3. The summed E-state index contributed by atoms with van der Waals surface area (Å²) in [5, 5.41) is 12.0. The van der Waals surface area contributed by atoms with Gasteiger partial charge in [-0.05, 0) is 93.3 Å². The third-order valence-corrected chi connectivity index (χ3v) is 11.7. The van der Waals surface area contributed by atoms with Crippen molar-refractivity contribution in [2.45, 2.75) is 0 Å². The molecule has 266 valence electrons. The minimum Gasteiger partial charge on any atom is -0.455 e. The van der Waals surface area contributed by atoms with Crippen LogP contribution in [0.15, 0.2) is 211 Å². The molecule has 2 aromatic heterocycles. The molecular weight excluding hydrogens is 693 g/mol. The summed E-state index contributed by atoms with van der Waals surface area (Å²) in [6, 6.07) is 74.5. The topological polar surface area (TPSA) is 21.3 Å². The molecule has 2 heterocycles. The maximum atomic E-state index is 6.67. The number of hydrogen-bond donors (Lipinski definition) is 0. The minimum atomic E-state index is 0.871. The van der Waals surface area contributed by atoms with Crippen molar-refractivity contribution in [3.05, 3.63) is 206 Å². The second-order valence-electron chi connectivity index (χ2n) is 14.9. The van der Waals surface area contributed by atoms with Crippen molar-refractivity contribution < 1.29 is 4.42 Å². The van der Waals surface area contributed by atoms with Gasteiger partial charge in [-0.1, -0.05) is 140 Å². The van der Waals surface area contributed by atoms with E-state index in [1.54, 1.807) is 0 Å². The Morgan fingerprint density at radius 2 is 0.930 bits per heavy atom. The Morgan fingerprint density at radius 3 is 1.75 bits per heavy atom. The Morgan fingerprint density at radius 1 is 0.351 bits per heavy atom. The molecule has 0 saturated carbocycles. The monoisotopic (exact) mass is 726 g/mol. The van der Waals surface area contributed by atoms with Crippen LogP contribution < -0.4 is 4.90 Å². The average molecular weight is 727 g/mol. The van der Waals surface area contributed by atoms with Crippen LogP contribution in [0.1, 0.15) is 0 Å². The van der Waals surface area contributed by atoms with Gasteiger partial charge in [0.05, 0.1) is 11.0 Å². The molecule has 0 N–H and O–H groups in total. The molecule has 0 radical (unpaired) electrons. The lowest BCUT2D eigenvalue weighted by molar-refractivity contribution is 0.672. The molecule has 12 aromatic rings. The molecule has 0 aliphatic rings. The van der Waals surface area contributed by atoms with Crippen LogP contribution in [-0.2, 0) is 0 Å². The first-order valence-electron chi connectivity index (χ1n) is 19.5. The maximum absolute atomic E-state index is 6.67. The quantitative estimate of drug-likeness (QED) is 0.176. The van der Waals surface area contributed by atoms with E-state index in [4.69, 9.17) is 4.42 Å². The zero-order valence-electron chi connectivity index (χ0n) is 30.9. The van der Waals surface area contributed by atoms with E-state index in [0.29, 0.717) is 0 Å². The van der Waals surface area contributed by atoms with Crippen molar-refractivity contribution in [1.29, 1.82) is 0 Å². The highest BCUT2D eigenvalue weighted by Gasteiger charge is 2.19. The lowest BCUT2D eigenvalue weighted by Gasteiger charge is -2.26. The Bertz CT molecular complexity index is 3520. The summed E-state index contributed by atoms with van der Waals surface area (Å²) in [4.78, 5) is 2.34. The number of furan rings is 1. The van der Waals surface area contributed by atoms with E-state index in [0.717, 1.165) is 55.6 Å². The van der Waals surface area contributed by atoms with Gasteiger partial charge in [-0.15, -0.1) is 0 Å². The molecule has 0 unspecified atom stereocenters. The van der Waals surface area contributed by atoms with Crippen molar-refractivity contribution >= 4 is 93.1 Å². The minimum absolute atomic E-state index is 0.871. The molecule has 0 fully saturated rings. The fourth-order valence-corrected chi connectivity index (χ4v) is 9.00. The lowest BCUT2D eigenvalue weighted by atomic mass is 10.0. The number of anilines is 3. The number of fused-ring (bicyclic) bond motifs is 11. The number of hydrogen-bond acceptors (Lipinski definition) is 2. The van der Waals surface area contributed by atoms with Crippen molar-refractivity contribution in [3.63, 3.8) is 0 Å². The van der Waals surface area contributed by atoms with Gasteiger partial charge in [0.1, 0.15) is 11.2 Å². The molecule has 0 aliphatic carbocycles. The van der Waals surface area contributed by atoms with Crippen LogP contribution in [0.5, 0.6) is 0 Å². The molecule has 3 nitrogen and oxygen atoms in total. The standard InChI is InChI=1S/C54H34N2O/c1-2-14-41(15-3-1)56-51-33-40(23-28-47(51)49-29-21-37-11-6-8-16-45(37)53(49)56)36-18-24-42(25-19-36)55(43-26-20-35-10-4-5-13-39(35)32-43)44-27-31-48-50-30-22-38-12-7-9-17-46(38)54(50)57-52(48)34-44/h1-34H. The van der Waals surface area contributed by atoms with Crippen LogP contribution in [0.25, 0.3) is 92.9 Å². The maximum Gasteiger partial charge on any atom is 0.143 e. The summed E-state index contributed by atoms with van der Waals surface area (Å²) >= 11 is 0. The molecule has 12 rings (SSSR count). The molecule has 10 aromatic carbocycles. The second-order valence-corrected chi connectivity index (χ2v) is 14.9. The van der Waals surface area contributed by atoms with E-state index in [1.165, 1.54) is 54.3 Å². The number of rotatable bonds is 5. The molecule has 57 heavy (non-hydrogen) atoms. The van der Waals surface area contributed by atoms with Crippen LogP contribution in [0, 0.1) is 0 Å². The van der Waals surface area contributed by atoms with Gasteiger partial charge in [-0.3, -0.25) is 0 Å². The molecule has 0 atom stereocenters. The van der Waals surface area contributed by atoms with Gasteiger partial charge in [-0.2, -0.15) is 0 Å². The summed E-state index contributed by atoms with van der Waals surface area (Å²) < 4.78 is 9.10. The normalized spacial score (nSPS) is 11.9. The van der Waals surface area contributed by atoms with Gasteiger partial charge >= 0.3 is 0 Å². The van der Waals surface area contributed by atoms with Crippen LogP contribution >= 0.6 is 0 Å². The highest BCUT2D eigenvalue weighted by Crippen LogP contribution is 2.42. The predicted molar refractivity (Wildman–Crippen MR) is 241 cm³/mol. The van der Waals surface area contributed by atoms with Crippen molar-refractivity contribution in [2.24, 2.45) is 0 Å². The molecule has 0 bridgehead atoms. The zero-order chi connectivity index (χ0) is 37.5. The molecular formula is C54H34N2O. The summed E-state index contributed by atoms with van der Waals surface area (Å²) in [6.07, 6.45) is 0. The molecule has 0 amide bonds. The van der Waals surface area contributed by atoms with E-state index < -0.39 is 0 Å².